The summed E-state index contributed by atoms with van der Waals surface area (Å²) in [5.74, 6) is -2.93. The number of carbonyl (C=O) groups excluding carboxylic acids is 2. The van der Waals surface area contributed by atoms with Crippen molar-refractivity contribution in [2.75, 3.05) is 4.90 Å². The van der Waals surface area contributed by atoms with E-state index in [9.17, 15) is 19.5 Å². The zero-order valence-corrected chi connectivity index (χ0v) is 10.5. The first-order valence-corrected chi connectivity index (χ1v) is 5.90. The lowest BCUT2D eigenvalue weighted by molar-refractivity contribution is 0.0692. The van der Waals surface area contributed by atoms with E-state index in [0.717, 1.165) is 17.0 Å². The molecule has 0 unspecified atom stereocenters. The van der Waals surface area contributed by atoms with Crippen LogP contribution in [0.3, 0.4) is 0 Å². The number of phenols is 1. The van der Waals surface area contributed by atoms with Crippen LogP contribution in [0.4, 0.5) is 5.69 Å². The second-order valence-corrected chi connectivity index (χ2v) is 4.37. The fraction of sp³-hybridized carbons (Fsp3) is 0. The Morgan fingerprint density at radius 1 is 1.10 bits per heavy atom. The Balaban J connectivity index is 2.11. The molecule has 1 aliphatic heterocycles. The highest BCUT2D eigenvalue weighted by Crippen LogP contribution is 2.30. The number of carbonyl (C=O) groups is 3. The van der Waals surface area contributed by atoms with Gasteiger partial charge >= 0.3 is 5.97 Å². The molecular weight excluding hydrogens is 276 g/mol. The van der Waals surface area contributed by atoms with Crippen molar-refractivity contribution in [1.29, 1.82) is 0 Å². The first-order chi connectivity index (χ1) is 10.0. The first kappa shape index (κ1) is 12.8. The summed E-state index contributed by atoms with van der Waals surface area (Å²) < 4.78 is 0. The third kappa shape index (κ3) is 1.83. The topological polar surface area (TPSA) is 108 Å². The largest absolute Gasteiger partial charge is 0.507 e. The van der Waals surface area contributed by atoms with Crippen molar-refractivity contribution < 1.29 is 24.6 Å². The van der Waals surface area contributed by atoms with Crippen LogP contribution in [0.5, 0.6) is 5.75 Å². The molecule has 0 atom stereocenters. The van der Waals surface area contributed by atoms with E-state index < -0.39 is 23.5 Å². The van der Waals surface area contributed by atoms with Gasteiger partial charge in [-0.05, 0) is 24.3 Å². The molecule has 0 radical (unpaired) electrons. The predicted molar refractivity (Wildman–Crippen MR) is 70.4 cm³/mol. The van der Waals surface area contributed by atoms with Crippen molar-refractivity contribution in [1.82, 2.24) is 4.98 Å². The lowest BCUT2D eigenvalue weighted by Crippen LogP contribution is -2.29. The minimum atomic E-state index is -1.35. The van der Waals surface area contributed by atoms with Gasteiger partial charge in [0.2, 0.25) is 0 Å². The van der Waals surface area contributed by atoms with E-state index in [4.69, 9.17) is 5.11 Å². The monoisotopic (exact) mass is 284 g/mol. The summed E-state index contributed by atoms with van der Waals surface area (Å²) in [6.45, 7) is 0. The predicted octanol–water partition coefficient (Wildman–Crippen LogP) is 1.29. The van der Waals surface area contributed by atoms with Gasteiger partial charge in [0.05, 0.1) is 16.8 Å². The Morgan fingerprint density at radius 3 is 2.48 bits per heavy atom. The standard InChI is InChI=1S/C14H8N2O5/c17-11-2-1-7(5-9(11)14(20)21)16-12(18)8-3-4-15-6-10(8)13(16)19/h1-6,17H,(H,20,21). The van der Waals surface area contributed by atoms with Gasteiger partial charge in [0.25, 0.3) is 11.8 Å². The van der Waals surface area contributed by atoms with E-state index >= 15 is 0 Å². The van der Waals surface area contributed by atoms with Crippen molar-refractivity contribution in [3.8, 4) is 5.75 Å². The van der Waals surface area contributed by atoms with E-state index in [-0.39, 0.29) is 22.4 Å². The molecule has 2 N–H and O–H groups in total. The third-order valence-corrected chi connectivity index (χ3v) is 3.16. The minimum absolute atomic E-state index is 0.0800. The molecule has 2 amide bonds. The normalized spacial score (nSPS) is 13.4. The van der Waals surface area contributed by atoms with Crippen LogP contribution in [0.25, 0.3) is 0 Å². The molecule has 104 valence electrons. The number of aromatic carboxylic acids is 1. The second-order valence-electron chi connectivity index (χ2n) is 4.37. The van der Waals surface area contributed by atoms with Gasteiger partial charge in [-0.2, -0.15) is 0 Å². The molecule has 0 aliphatic carbocycles. The molecule has 1 aliphatic rings. The van der Waals surface area contributed by atoms with Crippen LogP contribution in [0.2, 0.25) is 0 Å². The smallest absolute Gasteiger partial charge is 0.339 e. The molecule has 0 saturated heterocycles. The molecule has 21 heavy (non-hydrogen) atoms. The van der Waals surface area contributed by atoms with E-state index in [1.165, 1.54) is 24.5 Å². The van der Waals surface area contributed by atoms with E-state index in [1.807, 2.05) is 0 Å². The maximum absolute atomic E-state index is 12.2. The second kappa shape index (κ2) is 4.41. The van der Waals surface area contributed by atoms with Crippen LogP contribution in [-0.4, -0.2) is 33.0 Å². The fourth-order valence-corrected chi connectivity index (χ4v) is 2.15. The van der Waals surface area contributed by atoms with Gasteiger partial charge in [0, 0.05) is 12.4 Å². The number of aromatic nitrogens is 1. The number of hydrogen-bond donors (Lipinski definition) is 2. The molecular formula is C14H8N2O5. The summed E-state index contributed by atoms with van der Waals surface area (Å²) in [7, 11) is 0. The van der Waals surface area contributed by atoms with Crippen LogP contribution in [0, 0.1) is 0 Å². The van der Waals surface area contributed by atoms with Crippen molar-refractivity contribution in [3.05, 3.63) is 53.3 Å². The highest BCUT2D eigenvalue weighted by Gasteiger charge is 2.37. The molecule has 7 nitrogen and oxygen atoms in total. The first-order valence-electron chi connectivity index (χ1n) is 5.90. The number of nitrogens with zero attached hydrogens (tertiary/aromatic N) is 2. The maximum Gasteiger partial charge on any atom is 0.339 e. The van der Waals surface area contributed by atoms with Crippen LogP contribution in [0.1, 0.15) is 31.1 Å². The zero-order valence-electron chi connectivity index (χ0n) is 10.5. The number of anilines is 1. The number of carboxylic acids is 1. The number of fused-ring (bicyclic) bond motifs is 1. The number of hydrogen-bond acceptors (Lipinski definition) is 5. The summed E-state index contributed by atoms with van der Waals surface area (Å²) in [5, 5.41) is 18.5. The van der Waals surface area contributed by atoms with Gasteiger partial charge in [-0.25, -0.2) is 9.69 Å². The average molecular weight is 284 g/mol. The Labute approximate surface area is 118 Å². The Kier molecular flexibility index (Phi) is 2.69. The Morgan fingerprint density at radius 2 is 1.81 bits per heavy atom. The van der Waals surface area contributed by atoms with Gasteiger partial charge in [0.15, 0.2) is 0 Å². The number of amides is 2. The molecule has 7 heteroatoms. The minimum Gasteiger partial charge on any atom is -0.507 e. The summed E-state index contributed by atoms with van der Waals surface area (Å²) in [5.41, 5.74) is 0.0611. The molecule has 0 spiro atoms. The van der Waals surface area contributed by atoms with Gasteiger partial charge in [-0.3, -0.25) is 14.6 Å². The van der Waals surface area contributed by atoms with Crippen molar-refractivity contribution in [2.24, 2.45) is 0 Å². The lowest BCUT2D eigenvalue weighted by atomic mass is 10.1. The molecule has 1 aromatic carbocycles. The fourth-order valence-electron chi connectivity index (χ4n) is 2.15. The molecule has 0 saturated carbocycles. The average Bonchev–Trinajstić information content (AvgIpc) is 2.72. The number of imide groups is 1. The van der Waals surface area contributed by atoms with Gasteiger partial charge < -0.3 is 10.2 Å². The van der Waals surface area contributed by atoms with E-state index in [1.54, 1.807) is 0 Å². The Hall–Kier alpha value is -3.22. The molecule has 0 bridgehead atoms. The van der Waals surface area contributed by atoms with Gasteiger partial charge in [-0.15, -0.1) is 0 Å². The molecule has 3 rings (SSSR count). The molecule has 2 aromatic rings. The van der Waals surface area contributed by atoms with Gasteiger partial charge in [-0.1, -0.05) is 0 Å². The van der Waals surface area contributed by atoms with E-state index in [0.29, 0.717) is 0 Å². The summed E-state index contributed by atoms with van der Waals surface area (Å²) in [6, 6.07) is 4.93. The lowest BCUT2D eigenvalue weighted by Gasteiger charge is -2.14. The number of carboxylic acid groups (broad SMARTS) is 1. The van der Waals surface area contributed by atoms with Crippen LogP contribution >= 0.6 is 0 Å². The number of rotatable bonds is 2. The van der Waals surface area contributed by atoms with Crippen molar-refractivity contribution in [2.45, 2.75) is 0 Å². The van der Waals surface area contributed by atoms with Crippen LogP contribution in [0.15, 0.2) is 36.7 Å². The molecule has 2 heterocycles. The van der Waals surface area contributed by atoms with Crippen molar-refractivity contribution in [3.63, 3.8) is 0 Å². The number of benzene rings is 1. The van der Waals surface area contributed by atoms with Crippen LogP contribution in [-0.2, 0) is 0 Å². The highest BCUT2D eigenvalue weighted by atomic mass is 16.4. The Bertz CT molecular complexity index is 765. The maximum atomic E-state index is 12.2. The van der Waals surface area contributed by atoms with Gasteiger partial charge in [0.1, 0.15) is 11.3 Å². The third-order valence-electron chi connectivity index (χ3n) is 3.16. The quantitative estimate of drug-likeness (QED) is 0.804. The van der Waals surface area contributed by atoms with E-state index in [2.05, 4.69) is 4.98 Å². The summed E-state index contributed by atoms with van der Waals surface area (Å²) in [4.78, 5) is 40.1. The molecule has 1 aromatic heterocycles. The SMILES string of the molecule is O=C(O)c1cc(N2C(=O)c3ccncc3C2=O)ccc1O. The zero-order chi connectivity index (χ0) is 15.1. The molecule has 0 fully saturated rings. The number of aromatic hydroxyl groups is 1. The highest BCUT2D eigenvalue weighted by molar-refractivity contribution is 6.34. The summed E-state index contributed by atoms with van der Waals surface area (Å²) in [6.07, 6.45) is 2.68. The summed E-state index contributed by atoms with van der Waals surface area (Å²) >= 11 is 0. The van der Waals surface area contributed by atoms with Crippen LogP contribution < -0.4 is 4.90 Å². The number of pyridine rings is 1. The van der Waals surface area contributed by atoms with Crippen molar-refractivity contribution >= 4 is 23.5 Å².